The van der Waals surface area contributed by atoms with Crippen molar-refractivity contribution in [3.05, 3.63) is 52.3 Å². The number of halogens is 1. The van der Waals surface area contributed by atoms with E-state index in [0.29, 0.717) is 6.54 Å². The van der Waals surface area contributed by atoms with Gasteiger partial charge in [0.15, 0.2) is 5.65 Å². The van der Waals surface area contributed by atoms with Gasteiger partial charge < -0.3 is 5.32 Å². The monoisotopic (exact) mass is 300 g/mol. The molecule has 2 heterocycles. The van der Waals surface area contributed by atoms with Crippen molar-refractivity contribution in [2.24, 2.45) is 7.05 Å². The second-order valence-corrected chi connectivity index (χ2v) is 5.67. The fraction of sp³-hybridized carbons (Fsp3) is 0.250. The van der Waals surface area contributed by atoms with Gasteiger partial charge >= 0.3 is 0 Å². The zero-order chi connectivity index (χ0) is 15.0. The van der Waals surface area contributed by atoms with Crippen LogP contribution in [0.1, 0.15) is 16.8 Å². The average molecular weight is 301 g/mol. The first kappa shape index (κ1) is 13.9. The van der Waals surface area contributed by atoms with Crippen molar-refractivity contribution < 1.29 is 0 Å². The summed E-state index contributed by atoms with van der Waals surface area (Å²) >= 11 is 6.23. The molecule has 21 heavy (non-hydrogen) atoms. The van der Waals surface area contributed by atoms with Gasteiger partial charge in [0.2, 0.25) is 0 Å². The standard InChI is InChI=1S/C16H17ClN4/c1-10-4-5-15(14(17)6-10)18-8-12-7-13-11(2)20-21(3)16(13)19-9-12/h4-7,9,18H,8H2,1-3H3. The van der Waals surface area contributed by atoms with E-state index in [0.717, 1.165) is 38.6 Å². The Labute approximate surface area is 128 Å². The Balaban J connectivity index is 1.83. The molecule has 0 bridgehead atoms. The molecule has 0 aliphatic carbocycles. The first-order valence-electron chi connectivity index (χ1n) is 6.83. The zero-order valence-electron chi connectivity index (χ0n) is 12.3. The van der Waals surface area contributed by atoms with E-state index in [1.165, 1.54) is 0 Å². The van der Waals surface area contributed by atoms with E-state index in [1.54, 1.807) is 4.68 Å². The molecule has 0 spiro atoms. The molecule has 0 saturated heterocycles. The van der Waals surface area contributed by atoms with Gasteiger partial charge in [-0.15, -0.1) is 0 Å². The summed E-state index contributed by atoms with van der Waals surface area (Å²) in [5.74, 6) is 0. The summed E-state index contributed by atoms with van der Waals surface area (Å²) in [6, 6.07) is 8.12. The van der Waals surface area contributed by atoms with Crippen molar-refractivity contribution in [3.63, 3.8) is 0 Å². The summed E-state index contributed by atoms with van der Waals surface area (Å²) < 4.78 is 1.80. The molecule has 0 radical (unpaired) electrons. The highest BCUT2D eigenvalue weighted by atomic mass is 35.5. The molecule has 0 amide bonds. The van der Waals surface area contributed by atoms with Crippen molar-refractivity contribution in [2.75, 3.05) is 5.32 Å². The number of aryl methyl sites for hydroxylation is 3. The van der Waals surface area contributed by atoms with Crippen LogP contribution in [0.2, 0.25) is 5.02 Å². The van der Waals surface area contributed by atoms with Crippen LogP contribution in [-0.2, 0) is 13.6 Å². The van der Waals surface area contributed by atoms with Crippen LogP contribution in [0.3, 0.4) is 0 Å². The van der Waals surface area contributed by atoms with E-state index >= 15 is 0 Å². The fourth-order valence-electron chi connectivity index (χ4n) is 2.41. The predicted octanol–water partition coefficient (Wildman–Crippen LogP) is 3.85. The van der Waals surface area contributed by atoms with Gasteiger partial charge in [0.05, 0.1) is 16.4 Å². The molecule has 3 aromatic rings. The van der Waals surface area contributed by atoms with Gasteiger partial charge in [0, 0.05) is 25.2 Å². The second-order valence-electron chi connectivity index (χ2n) is 5.26. The first-order chi connectivity index (χ1) is 10.0. The molecular formula is C16H17ClN4. The summed E-state index contributed by atoms with van der Waals surface area (Å²) in [6.07, 6.45) is 1.87. The number of hydrogen-bond donors (Lipinski definition) is 1. The van der Waals surface area contributed by atoms with Crippen LogP contribution < -0.4 is 5.32 Å². The minimum atomic E-state index is 0.681. The maximum atomic E-state index is 6.23. The van der Waals surface area contributed by atoms with E-state index < -0.39 is 0 Å². The van der Waals surface area contributed by atoms with Gasteiger partial charge in [0.25, 0.3) is 0 Å². The van der Waals surface area contributed by atoms with Gasteiger partial charge in [-0.05, 0) is 43.2 Å². The highest BCUT2D eigenvalue weighted by Gasteiger charge is 2.07. The maximum Gasteiger partial charge on any atom is 0.157 e. The molecule has 0 unspecified atom stereocenters. The van der Waals surface area contributed by atoms with Crippen molar-refractivity contribution in [1.82, 2.24) is 14.8 Å². The lowest BCUT2D eigenvalue weighted by Crippen LogP contribution is -2.01. The van der Waals surface area contributed by atoms with Gasteiger partial charge in [0.1, 0.15) is 0 Å². The average Bonchev–Trinajstić information content (AvgIpc) is 2.73. The number of pyridine rings is 1. The first-order valence-corrected chi connectivity index (χ1v) is 7.20. The van der Waals surface area contributed by atoms with Gasteiger partial charge in [-0.1, -0.05) is 17.7 Å². The van der Waals surface area contributed by atoms with E-state index in [9.17, 15) is 0 Å². The van der Waals surface area contributed by atoms with Crippen LogP contribution in [0.15, 0.2) is 30.5 Å². The molecule has 1 N–H and O–H groups in total. The van der Waals surface area contributed by atoms with Gasteiger partial charge in [-0.3, -0.25) is 4.68 Å². The molecule has 108 valence electrons. The largest absolute Gasteiger partial charge is 0.380 e. The molecule has 0 aliphatic rings. The molecule has 0 atom stereocenters. The Kier molecular flexibility index (Phi) is 3.55. The lowest BCUT2D eigenvalue weighted by Gasteiger charge is -2.09. The number of nitrogens with one attached hydrogen (secondary N) is 1. The minimum absolute atomic E-state index is 0.681. The maximum absolute atomic E-state index is 6.23. The zero-order valence-corrected chi connectivity index (χ0v) is 13.1. The van der Waals surface area contributed by atoms with E-state index in [1.807, 2.05) is 45.3 Å². The quantitative estimate of drug-likeness (QED) is 0.799. The number of hydrogen-bond acceptors (Lipinski definition) is 3. The summed E-state index contributed by atoms with van der Waals surface area (Å²) in [5, 5.41) is 9.56. The van der Waals surface area contributed by atoms with Crippen LogP contribution >= 0.6 is 11.6 Å². The summed E-state index contributed by atoms with van der Waals surface area (Å²) in [4.78, 5) is 4.48. The summed E-state index contributed by atoms with van der Waals surface area (Å²) in [7, 11) is 1.91. The SMILES string of the molecule is Cc1ccc(NCc2cnc3c(c2)c(C)nn3C)c(Cl)c1. The third kappa shape index (κ3) is 2.72. The number of benzene rings is 1. The third-order valence-corrected chi connectivity index (χ3v) is 3.84. The molecule has 1 aromatic carbocycles. The molecule has 3 rings (SSSR count). The van der Waals surface area contributed by atoms with Crippen LogP contribution in [0.25, 0.3) is 11.0 Å². The Bertz CT molecular complexity index is 807. The number of nitrogens with zero attached hydrogens (tertiary/aromatic N) is 3. The second kappa shape index (κ2) is 5.37. The highest BCUT2D eigenvalue weighted by molar-refractivity contribution is 6.33. The third-order valence-electron chi connectivity index (χ3n) is 3.53. The highest BCUT2D eigenvalue weighted by Crippen LogP contribution is 2.24. The van der Waals surface area contributed by atoms with Crippen LogP contribution in [0, 0.1) is 13.8 Å². The van der Waals surface area contributed by atoms with Gasteiger partial charge in [-0.2, -0.15) is 5.10 Å². The summed E-state index contributed by atoms with van der Waals surface area (Å²) in [5.41, 5.74) is 5.10. The lowest BCUT2D eigenvalue weighted by molar-refractivity contribution is 0.773. The van der Waals surface area contributed by atoms with Crippen molar-refractivity contribution in [1.29, 1.82) is 0 Å². The number of aromatic nitrogens is 3. The summed E-state index contributed by atoms with van der Waals surface area (Å²) in [6.45, 7) is 4.71. The van der Waals surface area contributed by atoms with Gasteiger partial charge in [-0.25, -0.2) is 4.98 Å². The molecule has 0 aliphatic heterocycles. The predicted molar refractivity (Wildman–Crippen MR) is 86.8 cm³/mol. The van der Waals surface area contributed by atoms with E-state index in [4.69, 9.17) is 11.6 Å². The Morgan fingerprint density at radius 1 is 1.24 bits per heavy atom. The van der Waals surface area contributed by atoms with Crippen LogP contribution in [0.5, 0.6) is 0 Å². The number of rotatable bonds is 3. The molecule has 0 saturated carbocycles. The number of fused-ring (bicyclic) bond motifs is 1. The Morgan fingerprint density at radius 3 is 2.81 bits per heavy atom. The topological polar surface area (TPSA) is 42.7 Å². The lowest BCUT2D eigenvalue weighted by atomic mass is 10.2. The van der Waals surface area contributed by atoms with Crippen molar-refractivity contribution >= 4 is 28.3 Å². The van der Waals surface area contributed by atoms with Crippen LogP contribution in [0.4, 0.5) is 5.69 Å². The molecule has 2 aromatic heterocycles. The molecular weight excluding hydrogens is 284 g/mol. The van der Waals surface area contributed by atoms with Crippen LogP contribution in [-0.4, -0.2) is 14.8 Å². The molecule has 5 heteroatoms. The Morgan fingerprint density at radius 2 is 2.05 bits per heavy atom. The normalized spacial score (nSPS) is 11.0. The smallest absolute Gasteiger partial charge is 0.157 e. The fourth-order valence-corrected chi connectivity index (χ4v) is 2.71. The van der Waals surface area contributed by atoms with E-state index in [-0.39, 0.29) is 0 Å². The van der Waals surface area contributed by atoms with Crippen molar-refractivity contribution in [2.45, 2.75) is 20.4 Å². The Hall–Kier alpha value is -2.07. The molecule has 0 fully saturated rings. The van der Waals surface area contributed by atoms with E-state index in [2.05, 4.69) is 21.5 Å². The molecule has 4 nitrogen and oxygen atoms in total. The minimum Gasteiger partial charge on any atom is -0.380 e. The number of anilines is 1. The van der Waals surface area contributed by atoms with Crippen molar-refractivity contribution in [3.8, 4) is 0 Å².